The Kier molecular flexibility index (Phi) is 4.91. The zero-order valence-corrected chi connectivity index (χ0v) is 14.7. The fourth-order valence-electron chi connectivity index (χ4n) is 2.79. The minimum atomic E-state index is -4.82. The summed E-state index contributed by atoms with van der Waals surface area (Å²) in [5, 5.41) is 18.5. The third kappa shape index (κ3) is 3.34. The van der Waals surface area contributed by atoms with E-state index in [0.717, 1.165) is 0 Å². The van der Waals surface area contributed by atoms with Crippen molar-refractivity contribution in [3.63, 3.8) is 0 Å². The Labute approximate surface area is 161 Å². The molecule has 0 aliphatic heterocycles. The van der Waals surface area contributed by atoms with Gasteiger partial charge in [0.2, 0.25) is 5.69 Å². The van der Waals surface area contributed by atoms with Crippen LogP contribution >= 0.6 is 11.3 Å². The summed E-state index contributed by atoms with van der Waals surface area (Å²) in [5.41, 5.74) is 0.932. The molecule has 0 spiro atoms. The van der Waals surface area contributed by atoms with E-state index in [0.29, 0.717) is 16.7 Å². The molecular weight excluding hydrogens is 389 g/mol. The maximum atomic E-state index is 13.2. The van der Waals surface area contributed by atoms with E-state index in [1.807, 2.05) is 0 Å². The van der Waals surface area contributed by atoms with Gasteiger partial charge in [-0.25, -0.2) is 9.64 Å². The summed E-state index contributed by atoms with van der Waals surface area (Å²) in [6, 6.07) is 14.9. The largest absolute Gasteiger partial charge is 0.477 e. The van der Waals surface area contributed by atoms with Crippen LogP contribution in [0.5, 0.6) is 0 Å². The predicted octanol–water partition coefficient (Wildman–Crippen LogP) is 6.22. The van der Waals surface area contributed by atoms with E-state index in [1.54, 1.807) is 36.4 Å². The molecule has 3 aromatic rings. The normalized spacial score (nSPS) is 10.9. The van der Waals surface area contributed by atoms with E-state index < -0.39 is 27.6 Å². The van der Waals surface area contributed by atoms with Gasteiger partial charge in [-0.15, -0.1) is 11.3 Å². The van der Waals surface area contributed by atoms with Gasteiger partial charge in [-0.05, 0) is 22.8 Å². The number of carbonyl (C=O) groups is 1. The quantitative estimate of drug-likeness (QED) is 0.533. The zero-order valence-electron chi connectivity index (χ0n) is 13.9. The van der Waals surface area contributed by atoms with Crippen LogP contribution in [-0.4, -0.2) is 11.1 Å². The first kappa shape index (κ1) is 19.2. The first-order valence-electron chi connectivity index (χ1n) is 7.72. The molecule has 1 heterocycles. The van der Waals surface area contributed by atoms with Crippen molar-refractivity contribution in [2.45, 2.75) is 6.18 Å². The number of hydrogen-bond donors (Lipinski definition) is 1. The summed E-state index contributed by atoms with van der Waals surface area (Å²) in [5.74, 6) is -1.53. The van der Waals surface area contributed by atoms with Crippen molar-refractivity contribution in [1.29, 1.82) is 5.26 Å². The number of carboxylic acids is 1. The molecule has 2 aromatic carbocycles. The van der Waals surface area contributed by atoms with Gasteiger partial charge in [0.05, 0.1) is 18.2 Å². The lowest BCUT2D eigenvalue weighted by atomic mass is 9.97. The van der Waals surface area contributed by atoms with Crippen molar-refractivity contribution in [2.75, 3.05) is 0 Å². The molecular formula is C20H9F3N2O2S. The van der Waals surface area contributed by atoms with Crippen molar-refractivity contribution < 1.29 is 23.1 Å². The molecule has 1 aromatic heterocycles. The summed E-state index contributed by atoms with van der Waals surface area (Å²) >= 11 is 0.0459. The van der Waals surface area contributed by atoms with Crippen LogP contribution < -0.4 is 0 Å². The van der Waals surface area contributed by atoms with Gasteiger partial charge in [-0.3, -0.25) is 0 Å². The second kappa shape index (κ2) is 7.18. The lowest BCUT2D eigenvalue weighted by Crippen LogP contribution is -2.01. The van der Waals surface area contributed by atoms with Crippen molar-refractivity contribution in [3.8, 4) is 28.3 Å². The highest BCUT2D eigenvalue weighted by molar-refractivity contribution is 7.15. The average Bonchev–Trinajstić information content (AvgIpc) is 3.08. The summed E-state index contributed by atoms with van der Waals surface area (Å²) in [6.07, 6.45) is -4.82. The third-order valence-corrected chi connectivity index (χ3v) is 5.19. The molecule has 0 bridgehead atoms. The maximum absolute atomic E-state index is 13.2. The van der Waals surface area contributed by atoms with Gasteiger partial charge >= 0.3 is 12.1 Å². The van der Waals surface area contributed by atoms with Crippen LogP contribution in [0.2, 0.25) is 0 Å². The third-order valence-electron chi connectivity index (χ3n) is 3.98. The van der Waals surface area contributed by atoms with E-state index in [9.17, 15) is 28.3 Å². The number of benzene rings is 2. The number of hydrogen-bond acceptors (Lipinski definition) is 3. The van der Waals surface area contributed by atoms with Gasteiger partial charge in [-0.2, -0.15) is 18.4 Å². The number of carboxylic acid groups (broad SMARTS) is 1. The van der Waals surface area contributed by atoms with Gasteiger partial charge in [-0.1, -0.05) is 42.5 Å². The van der Waals surface area contributed by atoms with Gasteiger partial charge in [0, 0.05) is 5.56 Å². The first-order chi connectivity index (χ1) is 13.3. The molecule has 0 aliphatic carbocycles. The lowest BCUT2D eigenvalue weighted by molar-refractivity contribution is -0.133. The van der Waals surface area contributed by atoms with Crippen LogP contribution in [0.4, 0.5) is 18.9 Å². The van der Waals surface area contributed by atoms with Crippen molar-refractivity contribution >= 4 is 23.0 Å². The molecule has 8 heteroatoms. The van der Waals surface area contributed by atoms with Gasteiger partial charge < -0.3 is 5.11 Å². The minimum Gasteiger partial charge on any atom is -0.477 e. The van der Waals surface area contributed by atoms with Crippen molar-refractivity contribution in [1.82, 2.24) is 0 Å². The summed E-state index contributed by atoms with van der Waals surface area (Å²) < 4.78 is 39.7. The number of thiophene rings is 1. The molecule has 0 radical (unpaired) electrons. The Balaban J connectivity index is 2.18. The monoisotopic (exact) mass is 398 g/mol. The molecule has 0 fully saturated rings. The minimum absolute atomic E-state index is 0.0459. The van der Waals surface area contributed by atoms with E-state index in [4.69, 9.17) is 6.57 Å². The van der Waals surface area contributed by atoms with Gasteiger partial charge in [0.1, 0.15) is 9.75 Å². The van der Waals surface area contributed by atoms with Gasteiger partial charge in [0.15, 0.2) is 0 Å². The van der Waals surface area contributed by atoms with E-state index in [2.05, 4.69) is 10.9 Å². The summed E-state index contributed by atoms with van der Waals surface area (Å²) in [6.45, 7) is 7.14. The SMILES string of the molecule is [C-]#[N+]c1c(C(F)(F)F)sc(C(=O)O)c1-c1ccc(-c2ccccc2C#N)cc1. The second-order valence-corrected chi connectivity index (χ2v) is 6.65. The molecule has 0 saturated heterocycles. The molecule has 28 heavy (non-hydrogen) atoms. The molecule has 0 amide bonds. The number of halogens is 3. The summed E-state index contributed by atoms with van der Waals surface area (Å²) in [4.78, 5) is 12.7. The molecule has 0 saturated carbocycles. The molecule has 3 rings (SSSR count). The maximum Gasteiger partial charge on any atom is 0.416 e. The highest BCUT2D eigenvalue weighted by atomic mass is 32.1. The van der Waals surface area contributed by atoms with E-state index >= 15 is 0 Å². The van der Waals surface area contributed by atoms with E-state index in [1.165, 1.54) is 12.1 Å². The number of alkyl halides is 3. The molecule has 1 N–H and O–H groups in total. The van der Waals surface area contributed by atoms with Crippen LogP contribution in [0.1, 0.15) is 20.1 Å². The van der Waals surface area contributed by atoms with Crippen LogP contribution in [0.25, 0.3) is 27.1 Å². The summed E-state index contributed by atoms with van der Waals surface area (Å²) in [7, 11) is 0. The van der Waals surface area contributed by atoms with Crippen molar-refractivity contribution in [2.24, 2.45) is 0 Å². The van der Waals surface area contributed by atoms with Crippen LogP contribution in [-0.2, 0) is 6.18 Å². The highest BCUT2D eigenvalue weighted by Gasteiger charge is 2.39. The molecule has 0 atom stereocenters. The lowest BCUT2D eigenvalue weighted by Gasteiger charge is -2.07. The number of nitriles is 1. The molecule has 138 valence electrons. The zero-order chi connectivity index (χ0) is 20.5. The van der Waals surface area contributed by atoms with E-state index in [-0.39, 0.29) is 22.5 Å². The Morgan fingerprint density at radius 3 is 2.25 bits per heavy atom. The number of rotatable bonds is 3. The number of aromatic carboxylic acids is 1. The Morgan fingerprint density at radius 1 is 1.11 bits per heavy atom. The van der Waals surface area contributed by atoms with Crippen LogP contribution in [0.15, 0.2) is 48.5 Å². The first-order valence-corrected chi connectivity index (χ1v) is 8.54. The second-order valence-electron chi connectivity index (χ2n) is 5.63. The number of nitrogens with zero attached hydrogens (tertiary/aromatic N) is 2. The smallest absolute Gasteiger partial charge is 0.416 e. The molecule has 0 unspecified atom stereocenters. The average molecular weight is 398 g/mol. The topological polar surface area (TPSA) is 65.4 Å². The predicted molar refractivity (Wildman–Crippen MR) is 98.1 cm³/mol. The fourth-order valence-corrected chi connectivity index (χ4v) is 3.76. The fraction of sp³-hybridized carbons (Fsp3) is 0.0500. The Bertz CT molecular complexity index is 1150. The van der Waals surface area contributed by atoms with Crippen LogP contribution in [0, 0.1) is 17.9 Å². The molecule has 4 nitrogen and oxygen atoms in total. The Hall–Kier alpha value is -3.62. The molecule has 0 aliphatic rings. The Morgan fingerprint density at radius 2 is 1.71 bits per heavy atom. The van der Waals surface area contributed by atoms with Crippen molar-refractivity contribution in [3.05, 3.63) is 75.3 Å². The van der Waals surface area contributed by atoms with Gasteiger partial charge in [0.25, 0.3) is 0 Å². The highest BCUT2D eigenvalue weighted by Crippen LogP contribution is 2.49. The standard InChI is InChI=1S/C20H9F3N2O2S/c1-25-16-15(17(19(26)27)28-18(16)20(21,22)23)12-8-6-11(7-9-12)14-5-3-2-4-13(14)10-24/h2-9H,(H,26,27). The van der Waals surface area contributed by atoms with Crippen LogP contribution in [0.3, 0.4) is 0 Å².